The highest BCUT2D eigenvalue weighted by atomic mass is 35.5. The second-order valence-corrected chi connectivity index (χ2v) is 7.01. The monoisotopic (exact) mass is 409 g/mol. The Balaban J connectivity index is 1.95. The lowest BCUT2D eigenvalue weighted by Gasteiger charge is -2.12. The number of anilines is 1. The predicted molar refractivity (Wildman–Crippen MR) is 109 cm³/mol. The number of halogens is 2. The molecule has 2 aromatic carbocycles. The summed E-state index contributed by atoms with van der Waals surface area (Å²) in [5, 5.41) is 6.35. The molecule has 8 heteroatoms. The minimum Gasteiger partial charge on any atom is -0.349 e. The SMILES string of the molecule is CN(C)C(=O)Cc1ccc(NC(=S)NC(=O)c2cc(Cl)cc(Cl)c2)cc1. The maximum atomic E-state index is 12.2. The van der Waals surface area contributed by atoms with Crippen molar-refractivity contribution in [3.8, 4) is 0 Å². The van der Waals surface area contributed by atoms with Crippen molar-refractivity contribution in [2.75, 3.05) is 19.4 Å². The molecule has 0 bridgehead atoms. The fourth-order valence-electron chi connectivity index (χ4n) is 2.06. The van der Waals surface area contributed by atoms with Crippen LogP contribution in [0, 0.1) is 0 Å². The van der Waals surface area contributed by atoms with Crippen LogP contribution >= 0.6 is 35.4 Å². The molecule has 0 fully saturated rings. The molecule has 2 amide bonds. The lowest BCUT2D eigenvalue weighted by Crippen LogP contribution is -2.34. The van der Waals surface area contributed by atoms with Crippen molar-refractivity contribution < 1.29 is 9.59 Å². The largest absolute Gasteiger partial charge is 0.349 e. The molecule has 0 radical (unpaired) electrons. The molecule has 0 aliphatic heterocycles. The summed E-state index contributed by atoms with van der Waals surface area (Å²) in [5.74, 6) is -0.395. The summed E-state index contributed by atoms with van der Waals surface area (Å²) in [6, 6.07) is 11.8. The molecule has 0 unspecified atom stereocenters. The van der Waals surface area contributed by atoms with E-state index in [9.17, 15) is 9.59 Å². The third kappa shape index (κ3) is 5.98. The van der Waals surface area contributed by atoms with Gasteiger partial charge in [-0.3, -0.25) is 14.9 Å². The molecule has 2 aromatic rings. The molecular formula is C18H17Cl2N3O2S. The first-order valence-corrected chi connectivity index (χ1v) is 8.78. The van der Waals surface area contributed by atoms with Gasteiger partial charge in [-0.1, -0.05) is 35.3 Å². The van der Waals surface area contributed by atoms with Crippen LogP contribution < -0.4 is 10.6 Å². The third-order valence-corrected chi connectivity index (χ3v) is 4.06. The van der Waals surface area contributed by atoms with Gasteiger partial charge in [-0.15, -0.1) is 0 Å². The van der Waals surface area contributed by atoms with E-state index in [1.807, 2.05) is 12.1 Å². The van der Waals surface area contributed by atoms with Gasteiger partial charge in [0.05, 0.1) is 6.42 Å². The van der Waals surface area contributed by atoms with Gasteiger partial charge in [-0.05, 0) is 48.1 Å². The molecule has 136 valence electrons. The number of amides is 2. The molecule has 2 N–H and O–H groups in total. The van der Waals surface area contributed by atoms with E-state index in [-0.39, 0.29) is 11.0 Å². The smallest absolute Gasteiger partial charge is 0.257 e. The van der Waals surface area contributed by atoms with Gasteiger partial charge in [-0.25, -0.2) is 0 Å². The Hall–Kier alpha value is -2.15. The van der Waals surface area contributed by atoms with Crippen molar-refractivity contribution in [3.05, 3.63) is 63.6 Å². The Morgan fingerprint density at radius 1 is 1.04 bits per heavy atom. The van der Waals surface area contributed by atoms with Gasteiger partial charge in [-0.2, -0.15) is 0 Å². The average molecular weight is 410 g/mol. The molecule has 0 atom stereocenters. The van der Waals surface area contributed by atoms with Crippen LogP contribution in [-0.2, 0) is 11.2 Å². The predicted octanol–water partition coefficient (Wildman–Crippen LogP) is 3.75. The van der Waals surface area contributed by atoms with E-state index in [1.165, 1.54) is 12.1 Å². The van der Waals surface area contributed by atoms with Crippen LogP contribution in [0.3, 0.4) is 0 Å². The highest BCUT2D eigenvalue weighted by molar-refractivity contribution is 7.80. The van der Waals surface area contributed by atoms with Crippen molar-refractivity contribution in [1.82, 2.24) is 10.2 Å². The van der Waals surface area contributed by atoms with E-state index >= 15 is 0 Å². The number of rotatable bonds is 4. The first-order valence-electron chi connectivity index (χ1n) is 7.62. The van der Waals surface area contributed by atoms with E-state index in [2.05, 4.69) is 10.6 Å². The van der Waals surface area contributed by atoms with Gasteiger partial charge < -0.3 is 10.2 Å². The van der Waals surface area contributed by atoms with Gasteiger partial charge in [0, 0.05) is 35.4 Å². The summed E-state index contributed by atoms with van der Waals surface area (Å²) in [4.78, 5) is 25.4. The van der Waals surface area contributed by atoms with Gasteiger partial charge >= 0.3 is 0 Å². The summed E-state index contributed by atoms with van der Waals surface area (Å²) in [6.45, 7) is 0. The summed E-state index contributed by atoms with van der Waals surface area (Å²) in [5.41, 5.74) is 1.89. The lowest BCUT2D eigenvalue weighted by atomic mass is 10.1. The standard InChI is InChI=1S/C18H17Cl2N3O2S/c1-23(2)16(24)7-11-3-5-15(6-4-11)21-18(26)22-17(25)12-8-13(19)10-14(20)9-12/h3-6,8-10H,7H2,1-2H3,(H2,21,22,25,26). The Labute approximate surface area is 167 Å². The zero-order chi connectivity index (χ0) is 19.3. The first kappa shape index (κ1) is 20.2. The number of carbonyl (C=O) groups is 2. The van der Waals surface area contributed by atoms with E-state index in [0.717, 1.165) is 5.56 Å². The van der Waals surface area contributed by atoms with Crippen molar-refractivity contribution in [3.63, 3.8) is 0 Å². The van der Waals surface area contributed by atoms with Crippen molar-refractivity contribution >= 4 is 58.0 Å². The number of hydrogen-bond donors (Lipinski definition) is 2. The van der Waals surface area contributed by atoms with Crippen molar-refractivity contribution in [1.29, 1.82) is 0 Å². The fraction of sp³-hybridized carbons (Fsp3) is 0.167. The Bertz CT molecular complexity index is 819. The lowest BCUT2D eigenvalue weighted by molar-refractivity contribution is -0.127. The van der Waals surface area contributed by atoms with Gasteiger partial charge in [0.1, 0.15) is 0 Å². The Kier molecular flexibility index (Phi) is 6.97. The van der Waals surface area contributed by atoms with Crippen LogP contribution in [0.4, 0.5) is 5.69 Å². The molecule has 0 spiro atoms. The van der Waals surface area contributed by atoms with E-state index in [0.29, 0.717) is 27.7 Å². The quantitative estimate of drug-likeness (QED) is 0.754. The highest BCUT2D eigenvalue weighted by Gasteiger charge is 2.10. The number of benzene rings is 2. The number of hydrogen-bond acceptors (Lipinski definition) is 3. The average Bonchev–Trinajstić information content (AvgIpc) is 2.55. The van der Waals surface area contributed by atoms with Gasteiger partial charge in [0.2, 0.25) is 5.91 Å². The number of thiocarbonyl (C=S) groups is 1. The molecular weight excluding hydrogens is 393 g/mol. The van der Waals surface area contributed by atoms with E-state index < -0.39 is 5.91 Å². The minimum absolute atomic E-state index is 0.0219. The number of nitrogens with one attached hydrogen (secondary N) is 2. The second-order valence-electron chi connectivity index (χ2n) is 5.73. The van der Waals surface area contributed by atoms with Gasteiger partial charge in [0.25, 0.3) is 5.91 Å². The molecule has 0 heterocycles. The normalized spacial score (nSPS) is 10.2. The zero-order valence-electron chi connectivity index (χ0n) is 14.2. The summed E-state index contributed by atoms with van der Waals surface area (Å²) in [7, 11) is 3.43. The van der Waals surface area contributed by atoms with Crippen LogP contribution in [0.5, 0.6) is 0 Å². The van der Waals surface area contributed by atoms with Crippen molar-refractivity contribution in [2.45, 2.75) is 6.42 Å². The third-order valence-electron chi connectivity index (χ3n) is 3.42. The Morgan fingerprint density at radius 3 is 2.15 bits per heavy atom. The first-order chi connectivity index (χ1) is 12.2. The fourth-order valence-corrected chi connectivity index (χ4v) is 2.80. The van der Waals surface area contributed by atoms with Crippen LogP contribution in [0.25, 0.3) is 0 Å². The summed E-state index contributed by atoms with van der Waals surface area (Å²) >= 11 is 16.9. The highest BCUT2D eigenvalue weighted by Crippen LogP contribution is 2.19. The number of nitrogens with zero attached hydrogens (tertiary/aromatic N) is 1. The summed E-state index contributed by atoms with van der Waals surface area (Å²) < 4.78 is 0. The molecule has 0 aliphatic rings. The van der Waals surface area contributed by atoms with Crippen LogP contribution in [-0.4, -0.2) is 35.9 Å². The summed E-state index contributed by atoms with van der Waals surface area (Å²) in [6.07, 6.45) is 0.323. The zero-order valence-corrected chi connectivity index (χ0v) is 16.5. The van der Waals surface area contributed by atoms with E-state index in [1.54, 1.807) is 37.2 Å². The maximum absolute atomic E-state index is 12.2. The Morgan fingerprint density at radius 2 is 1.62 bits per heavy atom. The maximum Gasteiger partial charge on any atom is 0.257 e. The molecule has 0 saturated heterocycles. The molecule has 26 heavy (non-hydrogen) atoms. The molecule has 0 aliphatic carbocycles. The topological polar surface area (TPSA) is 61.4 Å². The molecule has 5 nitrogen and oxygen atoms in total. The number of carbonyl (C=O) groups excluding carboxylic acids is 2. The van der Waals surface area contributed by atoms with Crippen LogP contribution in [0.15, 0.2) is 42.5 Å². The van der Waals surface area contributed by atoms with Gasteiger partial charge in [0.15, 0.2) is 5.11 Å². The minimum atomic E-state index is -0.417. The number of likely N-dealkylation sites (N-methyl/N-ethyl adjacent to an activating group) is 1. The second kappa shape index (κ2) is 8.98. The van der Waals surface area contributed by atoms with Crippen molar-refractivity contribution in [2.24, 2.45) is 0 Å². The molecule has 0 saturated carbocycles. The molecule has 0 aromatic heterocycles. The van der Waals surface area contributed by atoms with E-state index in [4.69, 9.17) is 35.4 Å². The van der Waals surface area contributed by atoms with Crippen LogP contribution in [0.1, 0.15) is 15.9 Å². The molecule has 2 rings (SSSR count). The van der Waals surface area contributed by atoms with Crippen LogP contribution in [0.2, 0.25) is 10.0 Å².